The summed E-state index contributed by atoms with van der Waals surface area (Å²) in [5, 5.41) is 0. The molecule has 27 heavy (non-hydrogen) atoms. The van der Waals surface area contributed by atoms with Crippen LogP contribution in [0.15, 0.2) is 72.8 Å². The number of hydrogen-bond acceptors (Lipinski definition) is 4. The normalized spacial score (nSPS) is 10.3. The molecular weight excluding hydrogens is 338 g/mol. The van der Waals surface area contributed by atoms with Crippen molar-refractivity contribution in [2.75, 3.05) is 18.1 Å². The Labute approximate surface area is 160 Å². The van der Waals surface area contributed by atoms with Crippen LogP contribution in [-0.2, 0) is 0 Å². The fourth-order valence-electron chi connectivity index (χ4n) is 2.87. The molecule has 0 spiro atoms. The van der Waals surface area contributed by atoms with Crippen molar-refractivity contribution in [2.24, 2.45) is 0 Å². The molecule has 0 radical (unpaired) electrons. The van der Waals surface area contributed by atoms with Gasteiger partial charge < -0.3 is 14.4 Å². The first-order valence-corrected chi connectivity index (χ1v) is 9.06. The number of nitrogens with zero attached hydrogens (tertiary/aromatic N) is 1. The largest absolute Gasteiger partial charge is 0.494 e. The molecule has 0 bridgehead atoms. The van der Waals surface area contributed by atoms with E-state index in [-0.39, 0.29) is 0 Å². The molecule has 0 atom stereocenters. The summed E-state index contributed by atoms with van der Waals surface area (Å²) < 4.78 is 11.1. The zero-order chi connectivity index (χ0) is 19.1. The smallest absolute Gasteiger partial charge is 0.150 e. The van der Waals surface area contributed by atoms with Gasteiger partial charge in [-0.05, 0) is 86.6 Å². The van der Waals surface area contributed by atoms with Crippen molar-refractivity contribution in [1.82, 2.24) is 0 Å². The summed E-state index contributed by atoms with van der Waals surface area (Å²) in [5.74, 6) is 1.67. The zero-order valence-corrected chi connectivity index (χ0v) is 15.6. The van der Waals surface area contributed by atoms with Gasteiger partial charge in [-0.2, -0.15) is 0 Å². The van der Waals surface area contributed by atoms with E-state index in [2.05, 4.69) is 4.90 Å². The van der Waals surface area contributed by atoms with Gasteiger partial charge in [0, 0.05) is 22.6 Å². The third-order valence-electron chi connectivity index (χ3n) is 4.10. The van der Waals surface area contributed by atoms with Gasteiger partial charge in [-0.15, -0.1) is 0 Å². The average Bonchev–Trinajstić information content (AvgIpc) is 2.72. The lowest BCUT2D eigenvalue weighted by atomic mass is 10.1. The van der Waals surface area contributed by atoms with Gasteiger partial charge in [-0.3, -0.25) is 4.79 Å². The van der Waals surface area contributed by atoms with Crippen molar-refractivity contribution in [2.45, 2.75) is 13.8 Å². The molecule has 0 amide bonds. The number of anilines is 3. The summed E-state index contributed by atoms with van der Waals surface area (Å²) in [7, 11) is 0. The molecule has 0 aliphatic rings. The molecule has 0 saturated heterocycles. The Bertz CT molecular complexity index is 806. The van der Waals surface area contributed by atoms with Crippen molar-refractivity contribution in [3.05, 3.63) is 78.4 Å². The van der Waals surface area contributed by atoms with Gasteiger partial charge in [0.05, 0.1) is 13.2 Å². The molecule has 4 heteroatoms. The van der Waals surface area contributed by atoms with Crippen LogP contribution in [0.3, 0.4) is 0 Å². The summed E-state index contributed by atoms with van der Waals surface area (Å²) in [6.07, 6.45) is 0.849. The van der Waals surface area contributed by atoms with Gasteiger partial charge in [0.1, 0.15) is 17.8 Å². The number of carbonyl (C=O) groups excluding carboxylic acids is 1. The fourth-order valence-corrected chi connectivity index (χ4v) is 2.87. The third-order valence-corrected chi connectivity index (χ3v) is 4.10. The van der Waals surface area contributed by atoms with E-state index in [1.165, 1.54) is 0 Å². The van der Waals surface area contributed by atoms with E-state index in [9.17, 15) is 4.79 Å². The highest BCUT2D eigenvalue weighted by Gasteiger charge is 2.13. The Morgan fingerprint density at radius 1 is 0.667 bits per heavy atom. The zero-order valence-electron chi connectivity index (χ0n) is 15.6. The molecule has 0 heterocycles. The van der Waals surface area contributed by atoms with Crippen molar-refractivity contribution < 1.29 is 14.3 Å². The maximum atomic E-state index is 11.0. The van der Waals surface area contributed by atoms with Crippen LogP contribution in [0.4, 0.5) is 17.1 Å². The van der Waals surface area contributed by atoms with E-state index >= 15 is 0 Å². The number of hydrogen-bond donors (Lipinski definition) is 0. The molecule has 0 N–H and O–H groups in total. The molecule has 0 aromatic heterocycles. The molecule has 3 rings (SSSR count). The topological polar surface area (TPSA) is 38.8 Å². The molecule has 0 unspecified atom stereocenters. The van der Waals surface area contributed by atoms with Gasteiger partial charge in [-0.25, -0.2) is 0 Å². The number of rotatable bonds is 8. The van der Waals surface area contributed by atoms with Crippen LogP contribution >= 0.6 is 0 Å². The minimum Gasteiger partial charge on any atom is -0.494 e. The Balaban J connectivity index is 2.00. The predicted octanol–water partition coefficient (Wildman–Crippen LogP) is 5.77. The second-order valence-corrected chi connectivity index (χ2v) is 5.90. The second kappa shape index (κ2) is 8.90. The molecule has 138 valence electrons. The van der Waals surface area contributed by atoms with Gasteiger partial charge in [-0.1, -0.05) is 0 Å². The van der Waals surface area contributed by atoms with Crippen LogP contribution < -0.4 is 14.4 Å². The van der Waals surface area contributed by atoms with E-state index in [1.54, 1.807) is 0 Å². The highest BCUT2D eigenvalue weighted by atomic mass is 16.5. The summed E-state index contributed by atoms with van der Waals surface area (Å²) in [6.45, 7) is 5.20. The molecule has 0 aliphatic carbocycles. The lowest BCUT2D eigenvalue weighted by molar-refractivity contribution is 0.112. The first-order valence-electron chi connectivity index (χ1n) is 9.06. The van der Waals surface area contributed by atoms with Gasteiger partial charge >= 0.3 is 0 Å². The van der Waals surface area contributed by atoms with Gasteiger partial charge in [0.15, 0.2) is 0 Å². The van der Waals surface area contributed by atoms with Crippen molar-refractivity contribution in [1.29, 1.82) is 0 Å². The van der Waals surface area contributed by atoms with Crippen LogP contribution in [0.2, 0.25) is 0 Å². The summed E-state index contributed by atoms with van der Waals surface area (Å²) in [4.78, 5) is 13.1. The Hall–Kier alpha value is -3.27. The van der Waals surface area contributed by atoms with Crippen LogP contribution in [0.1, 0.15) is 24.2 Å². The summed E-state index contributed by atoms with van der Waals surface area (Å²) in [6, 6.07) is 23.4. The summed E-state index contributed by atoms with van der Waals surface area (Å²) >= 11 is 0. The predicted molar refractivity (Wildman–Crippen MR) is 109 cm³/mol. The number of ether oxygens (including phenoxy) is 2. The molecule has 3 aromatic carbocycles. The Morgan fingerprint density at radius 2 is 1.04 bits per heavy atom. The average molecular weight is 361 g/mol. The van der Waals surface area contributed by atoms with Gasteiger partial charge in [0.25, 0.3) is 0 Å². The molecule has 0 saturated carbocycles. The van der Waals surface area contributed by atoms with Crippen molar-refractivity contribution in [3.63, 3.8) is 0 Å². The molecule has 0 fully saturated rings. The number of benzene rings is 3. The van der Waals surface area contributed by atoms with E-state index in [1.807, 2.05) is 86.6 Å². The molecule has 4 nitrogen and oxygen atoms in total. The van der Waals surface area contributed by atoms with E-state index in [0.717, 1.165) is 34.8 Å². The highest BCUT2D eigenvalue weighted by molar-refractivity contribution is 5.80. The molecule has 3 aromatic rings. The summed E-state index contributed by atoms with van der Waals surface area (Å²) in [5.41, 5.74) is 3.62. The third kappa shape index (κ3) is 4.47. The first-order chi connectivity index (χ1) is 13.2. The minimum absolute atomic E-state index is 0.634. The lowest BCUT2D eigenvalue weighted by Gasteiger charge is -2.26. The SMILES string of the molecule is CCOc1ccc(N(c2ccc(C=O)cc2)c2ccc(OCC)cc2)cc1. The van der Waals surface area contributed by atoms with Crippen LogP contribution in [-0.4, -0.2) is 19.5 Å². The van der Waals surface area contributed by atoms with Gasteiger partial charge in [0.2, 0.25) is 0 Å². The minimum atomic E-state index is 0.634. The highest BCUT2D eigenvalue weighted by Crippen LogP contribution is 2.36. The van der Waals surface area contributed by atoms with E-state index in [0.29, 0.717) is 18.8 Å². The Morgan fingerprint density at radius 3 is 1.37 bits per heavy atom. The Kier molecular flexibility index (Phi) is 6.10. The van der Waals surface area contributed by atoms with Crippen molar-refractivity contribution >= 4 is 23.3 Å². The van der Waals surface area contributed by atoms with Crippen molar-refractivity contribution in [3.8, 4) is 11.5 Å². The fraction of sp³-hybridized carbons (Fsp3) is 0.174. The number of aldehydes is 1. The molecular formula is C23H23NO3. The first kappa shape index (κ1) is 18.5. The van der Waals surface area contributed by atoms with Crippen LogP contribution in [0.25, 0.3) is 0 Å². The standard InChI is InChI=1S/C23H23NO3/c1-3-26-22-13-9-20(10-14-22)24(19-7-5-18(17-25)6-8-19)21-11-15-23(16-12-21)27-4-2/h5-17H,3-4H2,1-2H3. The van der Waals surface area contributed by atoms with E-state index < -0.39 is 0 Å². The maximum absolute atomic E-state index is 11.0. The molecule has 0 aliphatic heterocycles. The maximum Gasteiger partial charge on any atom is 0.150 e. The van der Waals surface area contributed by atoms with E-state index in [4.69, 9.17) is 9.47 Å². The lowest BCUT2D eigenvalue weighted by Crippen LogP contribution is -2.10. The monoisotopic (exact) mass is 361 g/mol. The van der Waals surface area contributed by atoms with Crippen LogP contribution in [0, 0.1) is 0 Å². The number of carbonyl (C=O) groups is 1. The quantitative estimate of drug-likeness (QED) is 0.478. The second-order valence-electron chi connectivity index (χ2n) is 5.90. The van der Waals surface area contributed by atoms with Crippen LogP contribution in [0.5, 0.6) is 11.5 Å².